The number of aliphatic hydroxyl groups is 1. The van der Waals surface area contributed by atoms with Gasteiger partial charge in [0.25, 0.3) is 0 Å². The number of aliphatic imine (C=N–C) groups is 1. The standard InChI is InChI=1S/C28H32FN3O.H2OS/c1-7-9-13-31-21(5)15-23(27-11-10-19(3)18-32-27)24(17-30)22-16-26(29)25(14-20(22)4)28(6,33)12-8-2;1-2/h7,9-11,13-14,16,18,33H,5,8,12,15H2,1-4,6H3;1-2H/b9-7-,24-23+,31-13?;. The lowest BCUT2D eigenvalue weighted by Gasteiger charge is -2.25. The maximum atomic E-state index is 15.2. The topological polar surface area (TPSA) is 89.5 Å². The third-order valence-corrected chi connectivity index (χ3v) is 5.45. The van der Waals surface area contributed by atoms with Crippen LogP contribution in [0.2, 0.25) is 0 Å². The van der Waals surface area contributed by atoms with Crippen molar-refractivity contribution in [2.75, 3.05) is 0 Å². The van der Waals surface area contributed by atoms with Crippen molar-refractivity contribution in [3.63, 3.8) is 0 Å². The molecule has 1 unspecified atom stereocenters. The van der Waals surface area contributed by atoms with E-state index in [1.807, 2.05) is 45.9 Å². The second kappa shape index (κ2) is 14.4. The molecule has 0 bridgehead atoms. The fourth-order valence-electron chi connectivity index (χ4n) is 3.71. The smallest absolute Gasteiger partial charge is 0.129 e. The molecule has 0 aliphatic heterocycles. The SMILES string of the molecule is C=C(C/C(=C(/C#N)c1cc(F)c(C(C)(O)CCC)cc1C)c1ccc(C)cn1)N=C/C=C\C.OS. The molecule has 0 saturated heterocycles. The number of benzene rings is 1. The lowest BCUT2D eigenvalue weighted by Crippen LogP contribution is -2.22. The van der Waals surface area contributed by atoms with Crippen LogP contribution >= 0.6 is 12.9 Å². The van der Waals surface area contributed by atoms with E-state index in [9.17, 15) is 10.4 Å². The van der Waals surface area contributed by atoms with Gasteiger partial charge in [-0.05, 0) is 88.0 Å². The number of nitriles is 1. The Morgan fingerprint density at radius 1 is 1.31 bits per heavy atom. The highest BCUT2D eigenvalue weighted by Crippen LogP contribution is 2.36. The van der Waals surface area contributed by atoms with E-state index in [4.69, 9.17) is 4.55 Å². The number of hydrogen-bond acceptors (Lipinski definition) is 6. The van der Waals surface area contributed by atoms with E-state index in [1.54, 1.807) is 31.5 Å². The maximum Gasteiger partial charge on any atom is 0.129 e. The van der Waals surface area contributed by atoms with Crippen molar-refractivity contribution < 1.29 is 14.0 Å². The Bertz CT molecular complexity index is 1140. The number of thiol groups is 1. The average molecular weight is 496 g/mol. The second-order valence-electron chi connectivity index (χ2n) is 8.40. The van der Waals surface area contributed by atoms with Crippen LogP contribution in [0.15, 0.2) is 59.9 Å². The predicted molar refractivity (Wildman–Crippen MR) is 146 cm³/mol. The molecule has 0 spiro atoms. The van der Waals surface area contributed by atoms with Crippen molar-refractivity contribution in [1.82, 2.24) is 4.98 Å². The summed E-state index contributed by atoms with van der Waals surface area (Å²) in [5.41, 5.74) is 3.21. The summed E-state index contributed by atoms with van der Waals surface area (Å²) in [5, 5.41) is 20.9. The Hall–Kier alpha value is -3.05. The Morgan fingerprint density at radius 3 is 2.54 bits per heavy atom. The molecule has 186 valence electrons. The minimum atomic E-state index is -1.28. The van der Waals surface area contributed by atoms with Gasteiger partial charge in [0.15, 0.2) is 0 Å². The summed E-state index contributed by atoms with van der Waals surface area (Å²) in [6.45, 7) is 13.2. The van der Waals surface area contributed by atoms with E-state index < -0.39 is 11.4 Å². The van der Waals surface area contributed by atoms with Crippen molar-refractivity contribution in [3.05, 3.63) is 88.7 Å². The van der Waals surface area contributed by atoms with E-state index in [0.29, 0.717) is 40.1 Å². The third-order valence-electron chi connectivity index (χ3n) is 5.45. The summed E-state index contributed by atoms with van der Waals surface area (Å²) in [5.74, 6) is -0.539. The van der Waals surface area contributed by atoms with Gasteiger partial charge in [0.1, 0.15) is 11.9 Å². The molecule has 2 N–H and O–H groups in total. The monoisotopic (exact) mass is 495 g/mol. The zero-order chi connectivity index (χ0) is 26.6. The molecular weight excluding hydrogens is 461 g/mol. The number of nitrogens with zero attached hydrogens (tertiary/aromatic N) is 3. The molecule has 0 radical (unpaired) electrons. The Kier molecular flexibility index (Phi) is 12.3. The van der Waals surface area contributed by atoms with Crippen LogP contribution in [0.5, 0.6) is 0 Å². The van der Waals surface area contributed by atoms with Crippen LogP contribution in [0.3, 0.4) is 0 Å². The van der Waals surface area contributed by atoms with Crippen LogP contribution in [-0.2, 0) is 5.60 Å². The van der Waals surface area contributed by atoms with E-state index in [2.05, 4.69) is 35.5 Å². The molecule has 0 amide bonds. The lowest BCUT2D eigenvalue weighted by molar-refractivity contribution is 0.0432. The molecule has 0 saturated carbocycles. The Labute approximate surface area is 213 Å². The number of rotatable bonds is 9. The van der Waals surface area contributed by atoms with E-state index in [0.717, 1.165) is 12.0 Å². The van der Waals surface area contributed by atoms with E-state index >= 15 is 4.39 Å². The van der Waals surface area contributed by atoms with Gasteiger partial charge in [0.05, 0.1) is 16.9 Å². The molecule has 5 nitrogen and oxygen atoms in total. The molecule has 2 aromatic rings. The molecular formula is C28H34FN3O2S. The highest BCUT2D eigenvalue weighted by Gasteiger charge is 2.27. The minimum absolute atomic E-state index is 0.235. The van der Waals surface area contributed by atoms with Gasteiger partial charge in [-0.1, -0.05) is 32.1 Å². The van der Waals surface area contributed by atoms with Crippen molar-refractivity contribution in [1.29, 1.82) is 5.26 Å². The maximum absolute atomic E-state index is 15.2. The van der Waals surface area contributed by atoms with E-state index in [1.165, 1.54) is 6.07 Å². The third kappa shape index (κ3) is 8.29. The van der Waals surface area contributed by atoms with Gasteiger partial charge in [-0.3, -0.25) is 9.98 Å². The second-order valence-corrected chi connectivity index (χ2v) is 8.40. The van der Waals surface area contributed by atoms with E-state index in [-0.39, 0.29) is 12.0 Å². The number of halogens is 1. The predicted octanol–water partition coefficient (Wildman–Crippen LogP) is 7.22. The van der Waals surface area contributed by atoms with Gasteiger partial charge in [0.2, 0.25) is 0 Å². The van der Waals surface area contributed by atoms with Crippen LogP contribution in [0.25, 0.3) is 11.1 Å². The molecule has 0 fully saturated rings. The average Bonchev–Trinajstić information content (AvgIpc) is 2.82. The molecule has 0 aliphatic carbocycles. The zero-order valence-corrected chi connectivity index (χ0v) is 21.9. The first-order valence-corrected chi connectivity index (χ1v) is 11.7. The van der Waals surface area contributed by atoms with Crippen molar-refractivity contribution in [2.24, 2.45) is 4.99 Å². The van der Waals surface area contributed by atoms with Crippen LogP contribution in [0.4, 0.5) is 4.39 Å². The molecule has 7 heteroatoms. The number of allylic oxidation sites excluding steroid dienone is 4. The van der Waals surface area contributed by atoms with Gasteiger partial charge < -0.3 is 9.66 Å². The Morgan fingerprint density at radius 2 is 2.00 bits per heavy atom. The van der Waals surface area contributed by atoms with Crippen LogP contribution in [0.1, 0.15) is 68.0 Å². The van der Waals surface area contributed by atoms with Crippen LogP contribution in [-0.4, -0.2) is 20.9 Å². The van der Waals surface area contributed by atoms with Crippen LogP contribution in [0, 0.1) is 31.0 Å². The Balaban J connectivity index is 0.00000298. The fraction of sp³-hybridized carbons (Fsp3) is 0.321. The first kappa shape index (κ1) is 30.0. The summed E-state index contributed by atoms with van der Waals surface area (Å²) in [7, 11) is 0. The first-order chi connectivity index (χ1) is 16.6. The number of hydrogen-bond donors (Lipinski definition) is 3. The highest BCUT2D eigenvalue weighted by molar-refractivity contribution is 7.74. The number of aryl methyl sites for hydroxylation is 2. The highest BCUT2D eigenvalue weighted by atomic mass is 32.1. The largest absolute Gasteiger partial charge is 0.385 e. The van der Waals surface area contributed by atoms with Gasteiger partial charge >= 0.3 is 0 Å². The van der Waals surface area contributed by atoms with Gasteiger partial charge in [-0.15, -0.1) is 0 Å². The molecule has 1 aromatic carbocycles. The van der Waals surface area contributed by atoms with Gasteiger partial charge in [-0.25, -0.2) is 4.39 Å². The quantitative estimate of drug-likeness (QED) is 0.148. The number of aromatic nitrogens is 1. The fourth-order valence-corrected chi connectivity index (χ4v) is 3.71. The summed E-state index contributed by atoms with van der Waals surface area (Å²) >= 11 is 2.53. The minimum Gasteiger partial charge on any atom is -0.385 e. The normalized spacial score (nSPS) is 13.6. The van der Waals surface area contributed by atoms with Crippen LogP contribution < -0.4 is 0 Å². The molecule has 1 aromatic heterocycles. The summed E-state index contributed by atoms with van der Waals surface area (Å²) in [4.78, 5) is 8.84. The summed E-state index contributed by atoms with van der Waals surface area (Å²) < 4.78 is 21.9. The van der Waals surface area contributed by atoms with Crippen molar-refractivity contribution in [3.8, 4) is 6.07 Å². The first-order valence-electron chi connectivity index (χ1n) is 11.3. The van der Waals surface area contributed by atoms with Crippen molar-refractivity contribution in [2.45, 2.75) is 59.5 Å². The number of pyridine rings is 1. The molecule has 1 heterocycles. The molecule has 2 rings (SSSR count). The van der Waals surface area contributed by atoms with Crippen molar-refractivity contribution >= 4 is 30.3 Å². The summed E-state index contributed by atoms with van der Waals surface area (Å²) in [6, 6.07) is 9.00. The summed E-state index contributed by atoms with van der Waals surface area (Å²) in [6.07, 6.45) is 8.46. The molecule has 0 aliphatic rings. The zero-order valence-electron chi connectivity index (χ0n) is 21.0. The molecule has 1 atom stereocenters. The molecule has 35 heavy (non-hydrogen) atoms. The van der Waals surface area contributed by atoms with Gasteiger partial charge in [-0.2, -0.15) is 5.26 Å². The lowest BCUT2D eigenvalue weighted by atomic mass is 9.86. The van der Waals surface area contributed by atoms with Gasteiger partial charge in [0, 0.05) is 35.7 Å².